The van der Waals surface area contributed by atoms with E-state index in [1.807, 2.05) is 19.1 Å². The van der Waals surface area contributed by atoms with Crippen LogP contribution < -0.4 is 10.6 Å². The molecule has 0 amide bonds. The molecule has 5 nitrogen and oxygen atoms in total. The van der Waals surface area contributed by atoms with Crippen molar-refractivity contribution in [3.63, 3.8) is 0 Å². The minimum Gasteiger partial charge on any atom is -0.370 e. The number of rotatable bonds is 4. The molecular weight excluding hydrogens is 354 g/mol. The third-order valence-corrected chi connectivity index (χ3v) is 5.79. The summed E-state index contributed by atoms with van der Waals surface area (Å²) in [5, 5.41) is 1.88. The van der Waals surface area contributed by atoms with Gasteiger partial charge in [-0.05, 0) is 38.1 Å². The van der Waals surface area contributed by atoms with Crippen LogP contribution in [0.2, 0.25) is 5.02 Å². The summed E-state index contributed by atoms with van der Waals surface area (Å²) in [6.45, 7) is 8.45. The topological polar surface area (TPSA) is 57.8 Å². The maximum atomic E-state index is 6.19. The molecule has 0 atom stereocenters. The molecule has 0 radical (unpaired) electrons. The molecular formula is C18H24ClN5S. The van der Waals surface area contributed by atoms with Crippen molar-refractivity contribution in [1.82, 2.24) is 9.88 Å². The van der Waals surface area contributed by atoms with Crippen molar-refractivity contribution < 1.29 is 0 Å². The van der Waals surface area contributed by atoms with Crippen LogP contribution in [0.15, 0.2) is 29.3 Å². The molecule has 0 aliphatic carbocycles. The van der Waals surface area contributed by atoms with Gasteiger partial charge < -0.3 is 15.5 Å². The maximum absolute atomic E-state index is 6.19. The highest BCUT2D eigenvalue weighted by Gasteiger charge is 2.18. The van der Waals surface area contributed by atoms with Crippen LogP contribution in [-0.4, -0.2) is 48.6 Å². The summed E-state index contributed by atoms with van der Waals surface area (Å²) in [5.74, 6) is 0.648. The van der Waals surface area contributed by atoms with Gasteiger partial charge in [0.1, 0.15) is 0 Å². The van der Waals surface area contributed by atoms with Crippen molar-refractivity contribution in [3.8, 4) is 0 Å². The fourth-order valence-corrected chi connectivity index (χ4v) is 4.07. The lowest BCUT2D eigenvalue weighted by atomic mass is 10.2. The Labute approximate surface area is 158 Å². The highest BCUT2D eigenvalue weighted by molar-refractivity contribution is 7.11. The van der Waals surface area contributed by atoms with Crippen LogP contribution in [0.3, 0.4) is 0 Å². The van der Waals surface area contributed by atoms with Crippen molar-refractivity contribution >= 4 is 34.6 Å². The number of guanidine groups is 1. The number of benzene rings is 1. The largest absolute Gasteiger partial charge is 0.370 e. The lowest BCUT2D eigenvalue weighted by Gasteiger charge is -2.36. The quantitative estimate of drug-likeness (QED) is 0.657. The van der Waals surface area contributed by atoms with Gasteiger partial charge in [0.2, 0.25) is 0 Å². The zero-order valence-corrected chi connectivity index (χ0v) is 16.3. The van der Waals surface area contributed by atoms with Gasteiger partial charge in [-0.25, -0.2) is 4.98 Å². The van der Waals surface area contributed by atoms with E-state index in [2.05, 4.69) is 38.8 Å². The Morgan fingerprint density at radius 1 is 1.20 bits per heavy atom. The summed E-state index contributed by atoms with van der Waals surface area (Å²) in [7, 11) is 0. The predicted molar refractivity (Wildman–Crippen MR) is 107 cm³/mol. The molecule has 25 heavy (non-hydrogen) atoms. The van der Waals surface area contributed by atoms with E-state index in [1.54, 1.807) is 11.3 Å². The lowest BCUT2D eigenvalue weighted by molar-refractivity contribution is 0.381. The molecule has 1 fully saturated rings. The Kier molecular flexibility index (Phi) is 5.81. The van der Waals surface area contributed by atoms with Gasteiger partial charge in [-0.3, -0.25) is 4.99 Å². The number of nitrogens with two attached hydrogens (primary N) is 1. The first kappa shape index (κ1) is 18.0. The van der Waals surface area contributed by atoms with Crippen molar-refractivity contribution in [2.24, 2.45) is 10.7 Å². The Hall–Kier alpha value is -1.79. The maximum Gasteiger partial charge on any atom is 0.191 e. The molecule has 1 aromatic heterocycles. The highest BCUT2D eigenvalue weighted by Crippen LogP contribution is 2.20. The average molecular weight is 378 g/mol. The number of aromatic nitrogens is 1. The van der Waals surface area contributed by atoms with E-state index in [4.69, 9.17) is 17.3 Å². The average Bonchev–Trinajstić information content (AvgIpc) is 2.93. The van der Waals surface area contributed by atoms with Crippen LogP contribution >= 0.6 is 22.9 Å². The molecule has 0 unspecified atom stereocenters. The molecule has 7 heteroatoms. The molecule has 1 aliphatic rings. The molecule has 0 saturated carbocycles. The van der Waals surface area contributed by atoms with Gasteiger partial charge >= 0.3 is 0 Å². The number of aliphatic imine (C=N–C) groups is 1. The molecule has 1 saturated heterocycles. The number of halogens is 1. The Morgan fingerprint density at radius 2 is 1.88 bits per heavy atom. The molecule has 134 valence electrons. The molecule has 0 bridgehead atoms. The van der Waals surface area contributed by atoms with Crippen molar-refractivity contribution in [3.05, 3.63) is 44.9 Å². The van der Waals surface area contributed by atoms with Gasteiger partial charge in [-0.2, -0.15) is 0 Å². The Balaban J connectivity index is 1.50. The van der Waals surface area contributed by atoms with E-state index < -0.39 is 0 Å². The fourth-order valence-electron chi connectivity index (χ4n) is 3.02. The Morgan fingerprint density at radius 3 is 2.48 bits per heavy atom. The van der Waals surface area contributed by atoms with Crippen LogP contribution in [0, 0.1) is 13.8 Å². The number of thiazole rings is 1. The van der Waals surface area contributed by atoms with Crippen LogP contribution in [-0.2, 0) is 6.42 Å². The van der Waals surface area contributed by atoms with E-state index in [9.17, 15) is 0 Å². The lowest BCUT2D eigenvalue weighted by Crippen LogP contribution is -2.51. The molecule has 1 aromatic carbocycles. The second-order valence-corrected chi connectivity index (χ2v) is 7.91. The summed E-state index contributed by atoms with van der Waals surface area (Å²) in [6.07, 6.45) is 0.906. The van der Waals surface area contributed by atoms with Gasteiger partial charge in [-0.15, -0.1) is 11.3 Å². The molecule has 3 rings (SSSR count). The number of piperazine rings is 1. The standard InChI is InChI=1S/C18H24ClN5S/c1-13-17(25-14(2)22-13)7-8-21-18(20)24-11-9-23(10-12-24)16-5-3-15(19)4-6-16/h3-6H,7-12H2,1-2H3,(H2,20,21). The van der Waals surface area contributed by atoms with Crippen molar-refractivity contribution in [1.29, 1.82) is 0 Å². The smallest absolute Gasteiger partial charge is 0.191 e. The van der Waals surface area contributed by atoms with Gasteiger partial charge in [0.15, 0.2) is 5.96 Å². The monoisotopic (exact) mass is 377 g/mol. The Bertz CT molecular complexity index is 732. The molecule has 0 spiro atoms. The van der Waals surface area contributed by atoms with Crippen LogP contribution in [0.5, 0.6) is 0 Å². The second-order valence-electron chi connectivity index (χ2n) is 6.18. The summed E-state index contributed by atoms with van der Waals surface area (Å²) in [5.41, 5.74) is 8.51. The van der Waals surface area contributed by atoms with Gasteiger partial charge in [-0.1, -0.05) is 11.6 Å². The van der Waals surface area contributed by atoms with Crippen molar-refractivity contribution in [2.45, 2.75) is 20.3 Å². The summed E-state index contributed by atoms with van der Waals surface area (Å²) in [6, 6.07) is 7.99. The van der Waals surface area contributed by atoms with Crippen molar-refractivity contribution in [2.75, 3.05) is 37.6 Å². The van der Waals surface area contributed by atoms with Gasteiger partial charge in [0.25, 0.3) is 0 Å². The molecule has 1 aliphatic heterocycles. The SMILES string of the molecule is Cc1nc(C)c(CCN=C(N)N2CCN(c3ccc(Cl)cc3)CC2)s1. The van der Waals surface area contributed by atoms with Crippen LogP contribution in [0.25, 0.3) is 0 Å². The first-order valence-corrected chi connectivity index (χ1v) is 9.70. The third-order valence-electron chi connectivity index (χ3n) is 4.41. The highest BCUT2D eigenvalue weighted by atomic mass is 35.5. The molecule has 2 aromatic rings. The van der Waals surface area contributed by atoms with E-state index in [0.717, 1.165) is 48.3 Å². The van der Waals surface area contributed by atoms with E-state index in [1.165, 1.54) is 10.6 Å². The third kappa shape index (κ3) is 4.64. The van der Waals surface area contributed by atoms with E-state index >= 15 is 0 Å². The minimum absolute atomic E-state index is 0.648. The number of hydrogen-bond acceptors (Lipinski definition) is 4. The summed E-state index contributed by atoms with van der Waals surface area (Å²) in [4.78, 5) is 14.8. The van der Waals surface area contributed by atoms with E-state index in [0.29, 0.717) is 12.5 Å². The first-order valence-electron chi connectivity index (χ1n) is 8.51. The predicted octanol–water partition coefficient (Wildman–Crippen LogP) is 3.09. The first-order chi connectivity index (χ1) is 12.0. The zero-order chi connectivity index (χ0) is 17.8. The number of aryl methyl sites for hydroxylation is 2. The summed E-state index contributed by atoms with van der Waals surface area (Å²) < 4.78 is 0. The molecule has 2 heterocycles. The number of anilines is 1. The fraction of sp³-hybridized carbons (Fsp3) is 0.444. The minimum atomic E-state index is 0.648. The zero-order valence-electron chi connectivity index (χ0n) is 14.7. The van der Waals surface area contributed by atoms with Crippen LogP contribution in [0.1, 0.15) is 15.6 Å². The van der Waals surface area contributed by atoms with Gasteiger partial charge in [0, 0.05) is 54.7 Å². The van der Waals surface area contributed by atoms with Gasteiger partial charge in [0.05, 0.1) is 10.7 Å². The molecule has 2 N–H and O–H groups in total. The normalized spacial score (nSPS) is 15.7. The number of nitrogens with zero attached hydrogens (tertiary/aromatic N) is 4. The van der Waals surface area contributed by atoms with Crippen LogP contribution in [0.4, 0.5) is 5.69 Å². The second kappa shape index (κ2) is 8.06. The number of hydrogen-bond donors (Lipinski definition) is 1. The van der Waals surface area contributed by atoms with E-state index in [-0.39, 0.29) is 0 Å². The summed E-state index contributed by atoms with van der Waals surface area (Å²) >= 11 is 7.71.